The molecular formula is C8H10O2S2. The van der Waals surface area contributed by atoms with Crippen molar-refractivity contribution < 1.29 is 9.47 Å². The van der Waals surface area contributed by atoms with E-state index in [1.54, 1.807) is 23.1 Å². The van der Waals surface area contributed by atoms with E-state index < -0.39 is 0 Å². The molecule has 2 nitrogen and oxygen atoms in total. The smallest absolute Gasteiger partial charge is 0.178 e. The molecule has 4 heteroatoms. The number of hydrogen-bond donors (Lipinski definition) is 0. The molecule has 1 aromatic heterocycles. The fraction of sp³-hybridized carbons (Fsp3) is 0.500. The molecule has 1 aromatic rings. The van der Waals surface area contributed by atoms with Gasteiger partial charge in [-0.1, -0.05) is 6.92 Å². The number of thiophene rings is 1. The van der Waals surface area contributed by atoms with Crippen LogP contribution < -0.4 is 9.47 Å². The molecule has 1 atom stereocenters. The Balaban J connectivity index is 2.05. The first-order valence-corrected chi connectivity index (χ1v) is 5.86. The third-order valence-corrected chi connectivity index (χ3v) is 3.22. The van der Waals surface area contributed by atoms with Crippen LogP contribution in [-0.4, -0.2) is 17.8 Å². The van der Waals surface area contributed by atoms with E-state index in [4.69, 9.17) is 9.47 Å². The molecule has 0 aromatic carbocycles. The van der Waals surface area contributed by atoms with Gasteiger partial charge in [-0.3, -0.25) is 0 Å². The minimum atomic E-state index is 0.178. The van der Waals surface area contributed by atoms with Gasteiger partial charge in [0.2, 0.25) is 0 Å². The highest BCUT2D eigenvalue weighted by molar-refractivity contribution is 7.99. The van der Waals surface area contributed by atoms with Gasteiger partial charge in [0, 0.05) is 10.8 Å². The van der Waals surface area contributed by atoms with Crippen LogP contribution in [0.5, 0.6) is 11.5 Å². The molecule has 0 saturated heterocycles. The molecular weight excluding hydrogens is 192 g/mol. The molecule has 0 saturated carbocycles. The van der Waals surface area contributed by atoms with Crippen LogP contribution >= 0.6 is 23.1 Å². The Bertz CT molecular complexity index is 259. The van der Waals surface area contributed by atoms with E-state index in [1.807, 2.05) is 10.8 Å². The van der Waals surface area contributed by atoms with Crippen LogP contribution in [0.15, 0.2) is 10.8 Å². The van der Waals surface area contributed by atoms with Crippen molar-refractivity contribution in [1.29, 1.82) is 0 Å². The summed E-state index contributed by atoms with van der Waals surface area (Å²) in [6, 6.07) is 0. The maximum atomic E-state index is 5.66. The van der Waals surface area contributed by atoms with Gasteiger partial charge < -0.3 is 9.47 Å². The maximum Gasteiger partial charge on any atom is 0.178 e. The third kappa shape index (κ3) is 1.54. The van der Waals surface area contributed by atoms with E-state index in [9.17, 15) is 0 Å². The number of rotatable bonds is 2. The number of hydrogen-bond acceptors (Lipinski definition) is 4. The fourth-order valence-corrected chi connectivity index (χ4v) is 2.45. The molecule has 1 aliphatic rings. The van der Waals surface area contributed by atoms with Gasteiger partial charge in [-0.25, -0.2) is 0 Å². The molecule has 12 heavy (non-hydrogen) atoms. The van der Waals surface area contributed by atoms with Crippen LogP contribution in [0.2, 0.25) is 0 Å². The van der Waals surface area contributed by atoms with Crippen LogP contribution in [-0.2, 0) is 0 Å². The lowest BCUT2D eigenvalue weighted by Crippen LogP contribution is -2.25. The molecule has 0 bridgehead atoms. The molecule has 0 amide bonds. The van der Waals surface area contributed by atoms with Crippen molar-refractivity contribution in [3.05, 3.63) is 10.8 Å². The zero-order valence-corrected chi connectivity index (χ0v) is 8.41. The summed E-state index contributed by atoms with van der Waals surface area (Å²) in [5, 5.41) is 3.96. The minimum absolute atomic E-state index is 0.178. The summed E-state index contributed by atoms with van der Waals surface area (Å²) < 4.78 is 11.2. The van der Waals surface area contributed by atoms with Crippen molar-refractivity contribution in [3.8, 4) is 11.5 Å². The molecule has 1 unspecified atom stereocenters. The van der Waals surface area contributed by atoms with Crippen LogP contribution in [0.4, 0.5) is 0 Å². The highest BCUT2D eigenvalue weighted by atomic mass is 32.2. The number of thioether (sulfide) groups is 1. The van der Waals surface area contributed by atoms with Gasteiger partial charge in [0.25, 0.3) is 0 Å². The number of fused-ring (bicyclic) bond motifs is 1. The van der Waals surface area contributed by atoms with E-state index in [2.05, 4.69) is 6.92 Å². The van der Waals surface area contributed by atoms with Crippen LogP contribution in [0.25, 0.3) is 0 Å². The van der Waals surface area contributed by atoms with Crippen molar-refractivity contribution in [2.24, 2.45) is 0 Å². The topological polar surface area (TPSA) is 18.5 Å². The Morgan fingerprint density at radius 1 is 1.58 bits per heavy atom. The van der Waals surface area contributed by atoms with Crippen molar-refractivity contribution in [2.75, 3.05) is 12.4 Å². The molecule has 0 radical (unpaired) electrons. The SMILES string of the molecule is CCSC1COc2cscc2O1. The summed E-state index contributed by atoms with van der Waals surface area (Å²) in [4.78, 5) is 0. The number of ether oxygens (including phenoxy) is 2. The van der Waals surface area contributed by atoms with Crippen molar-refractivity contribution in [3.63, 3.8) is 0 Å². The Labute approximate surface area is 79.9 Å². The van der Waals surface area contributed by atoms with Crippen molar-refractivity contribution in [1.82, 2.24) is 0 Å². The molecule has 0 fully saturated rings. The van der Waals surface area contributed by atoms with Crippen LogP contribution in [0, 0.1) is 0 Å². The van der Waals surface area contributed by atoms with Crippen LogP contribution in [0.3, 0.4) is 0 Å². The Kier molecular flexibility index (Phi) is 2.46. The predicted octanol–water partition coefficient (Wildman–Crippen LogP) is 2.60. The minimum Gasteiger partial charge on any atom is -0.484 e. The molecule has 2 heterocycles. The molecule has 2 rings (SSSR count). The van der Waals surface area contributed by atoms with Crippen molar-refractivity contribution >= 4 is 23.1 Å². The molecule has 0 N–H and O–H groups in total. The first-order valence-electron chi connectivity index (χ1n) is 3.87. The average molecular weight is 202 g/mol. The van der Waals surface area contributed by atoms with Crippen LogP contribution in [0.1, 0.15) is 6.92 Å². The van der Waals surface area contributed by atoms with E-state index in [0.29, 0.717) is 6.61 Å². The van der Waals surface area contributed by atoms with Crippen molar-refractivity contribution in [2.45, 2.75) is 12.4 Å². The Hall–Kier alpha value is -0.350. The molecule has 0 aliphatic carbocycles. The van der Waals surface area contributed by atoms with Gasteiger partial charge in [0.05, 0.1) is 0 Å². The van der Waals surface area contributed by atoms with E-state index in [-0.39, 0.29) is 5.44 Å². The molecule has 66 valence electrons. The normalized spacial score (nSPS) is 20.9. The van der Waals surface area contributed by atoms with Gasteiger partial charge in [0.15, 0.2) is 16.9 Å². The lowest BCUT2D eigenvalue weighted by molar-refractivity contribution is 0.150. The molecule has 0 spiro atoms. The van der Waals surface area contributed by atoms with Gasteiger partial charge in [-0.05, 0) is 5.75 Å². The summed E-state index contributed by atoms with van der Waals surface area (Å²) >= 11 is 3.39. The van der Waals surface area contributed by atoms with E-state index >= 15 is 0 Å². The van der Waals surface area contributed by atoms with Gasteiger partial charge >= 0.3 is 0 Å². The second kappa shape index (κ2) is 3.58. The maximum absolute atomic E-state index is 5.66. The highest BCUT2D eigenvalue weighted by Crippen LogP contribution is 2.37. The lowest BCUT2D eigenvalue weighted by Gasteiger charge is -2.23. The average Bonchev–Trinajstić information content (AvgIpc) is 2.51. The summed E-state index contributed by atoms with van der Waals surface area (Å²) in [6.45, 7) is 2.79. The van der Waals surface area contributed by atoms with E-state index in [0.717, 1.165) is 17.3 Å². The van der Waals surface area contributed by atoms with E-state index in [1.165, 1.54) is 0 Å². The summed E-state index contributed by atoms with van der Waals surface area (Å²) in [6.07, 6.45) is 0. The second-order valence-electron chi connectivity index (χ2n) is 2.41. The standard InChI is InChI=1S/C8H10O2S2/c1-2-12-8-3-9-6-4-11-5-7(6)10-8/h4-5,8H,2-3H2,1H3. The summed E-state index contributed by atoms with van der Waals surface area (Å²) in [5.74, 6) is 2.86. The summed E-state index contributed by atoms with van der Waals surface area (Å²) in [7, 11) is 0. The van der Waals surface area contributed by atoms with Gasteiger partial charge in [0.1, 0.15) is 6.61 Å². The second-order valence-corrected chi connectivity index (χ2v) is 4.59. The predicted molar refractivity (Wildman–Crippen MR) is 52.4 cm³/mol. The first-order chi connectivity index (χ1) is 5.90. The molecule has 1 aliphatic heterocycles. The van der Waals surface area contributed by atoms with Gasteiger partial charge in [-0.2, -0.15) is 0 Å². The lowest BCUT2D eigenvalue weighted by atomic mass is 10.5. The largest absolute Gasteiger partial charge is 0.484 e. The summed E-state index contributed by atoms with van der Waals surface area (Å²) in [5.41, 5.74) is 0.178. The Morgan fingerprint density at radius 2 is 2.42 bits per heavy atom. The first kappa shape index (κ1) is 8.26. The fourth-order valence-electron chi connectivity index (χ4n) is 1.07. The Morgan fingerprint density at radius 3 is 3.25 bits per heavy atom. The zero-order chi connectivity index (χ0) is 8.39. The third-order valence-electron chi connectivity index (χ3n) is 1.58. The van der Waals surface area contributed by atoms with Gasteiger partial charge in [-0.15, -0.1) is 23.1 Å². The zero-order valence-electron chi connectivity index (χ0n) is 6.78. The highest BCUT2D eigenvalue weighted by Gasteiger charge is 2.20. The monoisotopic (exact) mass is 202 g/mol. The quantitative estimate of drug-likeness (QED) is 0.734.